The van der Waals surface area contributed by atoms with Crippen molar-refractivity contribution in [3.8, 4) is 0 Å². The molecule has 0 radical (unpaired) electrons. The highest BCUT2D eigenvalue weighted by molar-refractivity contribution is 5.06. The molecule has 0 heterocycles. The minimum Gasteiger partial charge on any atom is -0.0625 e. The molecule has 0 aromatic rings. The highest BCUT2D eigenvalue weighted by atomic mass is 14.6. The molecule has 0 saturated heterocycles. The van der Waals surface area contributed by atoms with Crippen LogP contribution in [0.1, 0.15) is 112 Å². The van der Waals surface area contributed by atoms with Crippen LogP contribution in [0.5, 0.6) is 0 Å². The van der Waals surface area contributed by atoms with Crippen LogP contribution < -0.4 is 0 Å². The Morgan fingerprint density at radius 2 is 1.07 bits per heavy atom. The highest BCUT2D eigenvalue weighted by Crippen LogP contribution is 2.65. The normalized spacial score (nSPS) is 41.7. The third kappa shape index (κ3) is 3.62. The van der Waals surface area contributed by atoms with Gasteiger partial charge in [-0.2, -0.15) is 0 Å². The first-order valence-corrected chi connectivity index (χ1v) is 13.3. The molecule has 4 aliphatic rings. The molecule has 0 bridgehead atoms. The summed E-state index contributed by atoms with van der Waals surface area (Å²) in [5.41, 5.74) is 0.574. The van der Waals surface area contributed by atoms with E-state index in [0.717, 1.165) is 59.2 Å². The van der Waals surface area contributed by atoms with Gasteiger partial charge < -0.3 is 0 Å². The standard InChI is InChI=1S/C28H50/c1-18(2)26(19(3)4)20-15-16-21(17-20)28(5,6)27-24-13-9-7-11-22(24)23-12-8-10-14-25(23)27/h18-27H,7-17H2,1-6H3. The van der Waals surface area contributed by atoms with Crippen LogP contribution in [0.15, 0.2) is 0 Å². The predicted molar refractivity (Wildman–Crippen MR) is 122 cm³/mol. The van der Waals surface area contributed by atoms with Gasteiger partial charge in [0.05, 0.1) is 0 Å². The number of rotatable bonds is 5. The molecule has 6 atom stereocenters. The zero-order valence-corrected chi connectivity index (χ0v) is 20.1. The maximum atomic E-state index is 2.74. The second kappa shape index (κ2) is 8.26. The first-order chi connectivity index (χ1) is 13.3. The quantitative estimate of drug-likeness (QED) is 0.443. The second-order valence-corrected chi connectivity index (χ2v) is 12.9. The van der Waals surface area contributed by atoms with Crippen LogP contribution in [-0.2, 0) is 0 Å². The molecule has 28 heavy (non-hydrogen) atoms. The van der Waals surface area contributed by atoms with E-state index in [1.54, 1.807) is 32.1 Å². The third-order valence-corrected chi connectivity index (χ3v) is 10.7. The molecule has 4 aliphatic carbocycles. The first kappa shape index (κ1) is 21.2. The van der Waals surface area contributed by atoms with Crippen LogP contribution in [0.2, 0.25) is 0 Å². The smallest absolute Gasteiger partial charge is 0.0292 e. The third-order valence-electron chi connectivity index (χ3n) is 10.7. The summed E-state index contributed by atoms with van der Waals surface area (Å²) in [6, 6.07) is 0. The van der Waals surface area contributed by atoms with Crippen molar-refractivity contribution in [3.05, 3.63) is 0 Å². The SMILES string of the molecule is CC(C)C(C(C)C)C1CCC(C(C)(C)C2C3CCCCC3C3CCCCC32)C1. The van der Waals surface area contributed by atoms with Gasteiger partial charge in [-0.25, -0.2) is 0 Å². The van der Waals surface area contributed by atoms with Gasteiger partial charge in [-0.15, -0.1) is 0 Å². The van der Waals surface area contributed by atoms with Crippen molar-refractivity contribution in [3.63, 3.8) is 0 Å². The van der Waals surface area contributed by atoms with Crippen LogP contribution >= 0.6 is 0 Å². The lowest BCUT2D eigenvalue weighted by Gasteiger charge is -2.46. The largest absolute Gasteiger partial charge is 0.0625 e. The fourth-order valence-electron chi connectivity index (χ4n) is 9.92. The summed E-state index contributed by atoms with van der Waals surface area (Å²) in [6.07, 6.45) is 17.0. The lowest BCUT2D eigenvalue weighted by atomic mass is 9.59. The Morgan fingerprint density at radius 1 is 0.607 bits per heavy atom. The average Bonchev–Trinajstić information content (AvgIpc) is 3.24. The minimum absolute atomic E-state index is 0.574. The van der Waals surface area contributed by atoms with Gasteiger partial charge in [0, 0.05) is 0 Å². The monoisotopic (exact) mass is 386 g/mol. The summed E-state index contributed by atoms with van der Waals surface area (Å²) in [5, 5.41) is 0. The molecule has 0 aromatic heterocycles. The summed E-state index contributed by atoms with van der Waals surface area (Å²) in [4.78, 5) is 0. The summed E-state index contributed by atoms with van der Waals surface area (Å²) < 4.78 is 0. The lowest BCUT2D eigenvalue weighted by Crippen LogP contribution is -2.39. The van der Waals surface area contributed by atoms with Crippen molar-refractivity contribution in [2.75, 3.05) is 0 Å². The number of fused-ring (bicyclic) bond motifs is 3. The molecule has 0 nitrogen and oxygen atoms in total. The number of hydrogen-bond acceptors (Lipinski definition) is 0. The van der Waals surface area contributed by atoms with Gasteiger partial charge in [-0.05, 0) is 110 Å². The van der Waals surface area contributed by atoms with E-state index < -0.39 is 0 Å². The number of hydrogen-bond donors (Lipinski definition) is 0. The van der Waals surface area contributed by atoms with Crippen molar-refractivity contribution < 1.29 is 0 Å². The zero-order valence-electron chi connectivity index (χ0n) is 20.1. The first-order valence-electron chi connectivity index (χ1n) is 13.3. The maximum Gasteiger partial charge on any atom is -0.0292 e. The van der Waals surface area contributed by atoms with Crippen molar-refractivity contribution in [2.45, 2.75) is 112 Å². The molecule has 4 rings (SSSR count). The van der Waals surface area contributed by atoms with Gasteiger partial charge in [0.15, 0.2) is 0 Å². The Kier molecular flexibility index (Phi) is 6.27. The Hall–Kier alpha value is 0. The molecular weight excluding hydrogens is 336 g/mol. The van der Waals surface area contributed by atoms with Gasteiger partial charge in [-0.1, -0.05) is 67.2 Å². The molecule has 0 N–H and O–H groups in total. The van der Waals surface area contributed by atoms with Gasteiger partial charge in [0.25, 0.3) is 0 Å². The second-order valence-electron chi connectivity index (χ2n) is 12.9. The fraction of sp³-hybridized carbons (Fsp3) is 1.00. The van der Waals surface area contributed by atoms with Crippen LogP contribution in [0, 0.1) is 64.6 Å². The van der Waals surface area contributed by atoms with E-state index in [1.807, 2.05) is 0 Å². The minimum atomic E-state index is 0.574. The van der Waals surface area contributed by atoms with E-state index in [1.165, 1.54) is 38.5 Å². The fourth-order valence-corrected chi connectivity index (χ4v) is 9.92. The zero-order chi connectivity index (χ0) is 20.1. The molecule has 162 valence electrons. The van der Waals surface area contributed by atoms with Crippen LogP contribution in [-0.4, -0.2) is 0 Å². The topological polar surface area (TPSA) is 0 Å². The summed E-state index contributed by atoms with van der Waals surface area (Å²) >= 11 is 0. The van der Waals surface area contributed by atoms with Crippen molar-refractivity contribution in [1.82, 2.24) is 0 Å². The van der Waals surface area contributed by atoms with Gasteiger partial charge in [-0.3, -0.25) is 0 Å². The van der Waals surface area contributed by atoms with Crippen molar-refractivity contribution in [1.29, 1.82) is 0 Å². The molecule has 0 spiro atoms. The van der Waals surface area contributed by atoms with E-state index in [9.17, 15) is 0 Å². The molecule has 0 heteroatoms. The van der Waals surface area contributed by atoms with Crippen LogP contribution in [0.3, 0.4) is 0 Å². The predicted octanol–water partition coefficient (Wildman–Crippen LogP) is 8.60. The summed E-state index contributed by atoms with van der Waals surface area (Å²) in [7, 11) is 0. The van der Waals surface area contributed by atoms with Crippen LogP contribution in [0.4, 0.5) is 0 Å². The average molecular weight is 387 g/mol. The molecular formula is C28H50. The van der Waals surface area contributed by atoms with Gasteiger partial charge >= 0.3 is 0 Å². The molecule has 4 fully saturated rings. The van der Waals surface area contributed by atoms with E-state index in [-0.39, 0.29) is 0 Å². The van der Waals surface area contributed by atoms with Gasteiger partial charge in [0.2, 0.25) is 0 Å². The van der Waals surface area contributed by atoms with E-state index in [4.69, 9.17) is 0 Å². The highest BCUT2D eigenvalue weighted by Gasteiger charge is 2.57. The molecule has 4 saturated carbocycles. The Labute approximate surface area is 177 Å². The Balaban J connectivity index is 1.54. The summed E-state index contributed by atoms with van der Waals surface area (Å²) in [6.45, 7) is 15.4. The lowest BCUT2D eigenvalue weighted by molar-refractivity contribution is 0.0266. The van der Waals surface area contributed by atoms with E-state index in [0.29, 0.717) is 5.41 Å². The molecule has 0 amide bonds. The van der Waals surface area contributed by atoms with E-state index >= 15 is 0 Å². The molecule has 6 unspecified atom stereocenters. The Bertz CT molecular complexity index is 484. The Morgan fingerprint density at radius 3 is 1.54 bits per heavy atom. The van der Waals surface area contributed by atoms with Gasteiger partial charge in [0.1, 0.15) is 0 Å². The summed E-state index contributed by atoms with van der Waals surface area (Å²) in [5.74, 6) is 10.1. The van der Waals surface area contributed by atoms with Crippen molar-refractivity contribution >= 4 is 0 Å². The van der Waals surface area contributed by atoms with Crippen molar-refractivity contribution in [2.24, 2.45) is 64.6 Å². The molecule has 0 aliphatic heterocycles. The van der Waals surface area contributed by atoms with Crippen LogP contribution in [0.25, 0.3) is 0 Å². The maximum absolute atomic E-state index is 2.74. The molecule has 0 aromatic carbocycles. The van der Waals surface area contributed by atoms with E-state index in [2.05, 4.69) is 41.5 Å².